The molecule has 0 aromatic carbocycles. The van der Waals surface area contributed by atoms with Crippen LogP contribution in [0.2, 0.25) is 0 Å². The number of aromatic amines is 1. The van der Waals surface area contributed by atoms with E-state index in [0.717, 1.165) is 76.9 Å². The SMILES string of the molecule is Cc1c(-c2[nH]c3ccc(N4CCC(N(Cc5ncnn5C)Cc5ncnn5C)CC4)nc3c2C(C)C)cn2ncnc2c1C. The largest absolute Gasteiger partial charge is 0.356 e. The Balaban J connectivity index is 1.16. The summed E-state index contributed by atoms with van der Waals surface area (Å²) in [7, 11) is 3.89. The molecule has 0 amide bonds. The fraction of sp³-hybridized carbons (Fsp3) is 0.452. The quantitative estimate of drug-likeness (QED) is 0.279. The van der Waals surface area contributed by atoms with E-state index in [-0.39, 0.29) is 5.92 Å². The summed E-state index contributed by atoms with van der Waals surface area (Å²) < 4.78 is 5.57. The first-order valence-corrected chi connectivity index (χ1v) is 15.3. The molecule has 0 unspecified atom stereocenters. The Morgan fingerprint density at radius 2 is 1.55 bits per heavy atom. The molecule has 0 atom stereocenters. The summed E-state index contributed by atoms with van der Waals surface area (Å²) in [6.45, 7) is 12.0. The van der Waals surface area contributed by atoms with E-state index in [1.54, 1.807) is 19.0 Å². The Labute approximate surface area is 256 Å². The molecule has 7 heterocycles. The lowest BCUT2D eigenvalue weighted by Crippen LogP contribution is -2.45. The van der Waals surface area contributed by atoms with Gasteiger partial charge in [0.25, 0.3) is 0 Å². The van der Waals surface area contributed by atoms with Gasteiger partial charge in [-0.2, -0.15) is 15.3 Å². The number of anilines is 1. The number of fused-ring (bicyclic) bond motifs is 2. The number of nitrogens with one attached hydrogen (secondary N) is 1. The Bertz CT molecular complexity index is 1890. The van der Waals surface area contributed by atoms with E-state index in [9.17, 15) is 0 Å². The minimum absolute atomic E-state index is 0.285. The van der Waals surface area contributed by atoms with Gasteiger partial charge in [-0.1, -0.05) is 13.8 Å². The van der Waals surface area contributed by atoms with Crippen LogP contribution in [0, 0.1) is 13.8 Å². The molecule has 44 heavy (non-hydrogen) atoms. The van der Waals surface area contributed by atoms with Crippen LogP contribution in [0.4, 0.5) is 5.82 Å². The Morgan fingerprint density at radius 3 is 2.16 bits per heavy atom. The average Bonchev–Trinajstić information content (AvgIpc) is 3.82. The molecule has 13 heteroatoms. The Morgan fingerprint density at radius 1 is 0.886 bits per heavy atom. The summed E-state index contributed by atoms with van der Waals surface area (Å²) in [4.78, 5) is 27.3. The van der Waals surface area contributed by atoms with Crippen molar-refractivity contribution in [1.29, 1.82) is 0 Å². The summed E-state index contributed by atoms with van der Waals surface area (Å²) >= 11 is 0. The monoisotopic (exact) mass is 593 g/mol. The van der Waals surface area contributed by atoms with Crippen molar-refractivity contribution in [3.8, 4) is 11.3 Å². The van der Waals surface area contributed by atoms with Crippen molar-refractivity contribution in [3.05, 3.63) is 65.7 Å². The van der Waals surface area contributed by atoms with Crippen LogP contribution in [0.3, 0.4) is 0 Å². The molecule has 0 bridgehead atoms. The first kappa shape index (κ1) is 28.1. The molecule has 6 aromatic rings. The highest BCUT2D eigenvalue weighted by Gasteiger charge is 2.28. The zero-order chi connectivity index (χ0) is 30.5. The lowest BCUT2D eigenvalue weighted by molar-refractivity contribution is 0.141. The van der Waals surface area contributed by atoms with Gasteiger partial charge in [0, 0.05) is 50.6 Å². The lowest BCUT2D eigenvalue weighted by atomic mass is 9.95. The van der Waals surface area contributed by atoms with E-state index in [2.05, 4.69) is 91.1 Å². The number of aryl methyl sites for hydroxylation is 3. The summed E-state index contributed by atoms with van der Waals surface area (Å²) in [6, 6.07) is 4.72. The van der Waals surface area contributed by atoms with Crippen molar-refractivity contribution >= 4 is 22.5 Å². The van der Waals surface area contributed by atoms with E-state index < -0.39 is 0 Å². The van der Waals surface area contributed by atoms with Gasteiger partial charge >= 0.3 is 0 Å². The number of nitrogens with zero attached hydrogens (tertiary/aromatic N) is 12. The van der Waals surface area contributed by atoms with Crippen LogP contribution < -0.4 is 4.90 Å². The minimum Gasteiger partial charge on any atom is -0.356 e. The molecule has 0 aliphatic carbocycles. The number of H-pyrrole nitrogens is 1. The molecule has 1 N–H and O–H groups in total. The van der Waals surface area contributed by atoms with E-state index in [1.165, 1.54) is 11.1 Å². The van der Waals surface area contributed by atoms with Gasteiger partial charge in [0.05, 0.1) is 29.8 Å². The molecule has 228 valence electrons. The van der Waals surface area contributed by atoms with Crippen molar-refractivity contribution in [2.75, 3.05) is 18.0 Å². The van der Waals surface area contributed by atoms with Gasteiger partial charge in [-0.15, -0.1) is 0 Å². The van der Waals surface area contributed by atoms with Crippen LogP contribution in [0.5, 0.6) is 0 Å². The number of pyridine rings is 2. The van der Waals surface area contributed by atoms with Crippen molar-refractivity contribution in [2.24, 2.45) is 14.1 Å². The normalized spacial score (nSPS) is 14.7. The standard InChI is InChI=1S/C31H39N13/c1-19(2)28-29(23-13-44-31(34-18-37-44)21(4)20(23)3)38-24-7-8-25(39-30(24)28)42-11-9-22(10-12-42)43(14-26-32-16-35-40(26)5)15-27-33-17-36-41(27)6/h7-8,13,16-19,22,38H,9-12,14-15H2,1-6H3. The maximum atomic E-state index is 5.29. The molecule has 1 fully saturated rings. The molecule has 1 saturated heterocycles. The van der Waals surface area contributed by atoms with Crippen molar-refractivity contribution in [2.45, 2.75) is 65.6 Å². The molecule has 0 spiro atoms. The molecule has 0 saturated carbocycles. The summed E-state index contributed by atoms with van der Waals surface area (Å²) in [5.41, 5.74) is 8.80. The predicted octanol–water partition coefficient (Wildman–Crippen LogP) is 3.94. The predicted molar refractivity (Wildman–Crippen MR) is 168 cm³/mol. The molecule has 1 aliphatic rings. The molecule has 0 radical (unpaired) electrons. The number of rotatable bonds is 8. The maximum absolute atomic E-state index is 5.29. The third-order valence-electron chi connectivity index (χ3n) is 9.24. The van der Waals surface area contributed by atoms with Gasteiger partial charge in [-0.3, -0.25) is 14.3 Å². The Hall–Kier alpha value is -4.65. The zero-order valence-electron chi connectivity index (χ0n) is 26.2. The average molecular weight is 594 g/mol. The minimum atomic E-state index is 0.285. The van der Waals surface area contributed by atoms with Crippen LogP contribution in [-0.4, -0.2) is 78.1 Å². The maximum Gasteiger partial charge on any atom is 0.158 e. The highest BCUT2D eigenvalue weighted by Crippen LogP contribution is 2.38. The van der Waals surface area contributed by atoms with E-state index in [4.69, 9.17) is 4.98 Å². The second-order valence-electron chi connectivity index (χ2n) is 12.2. The third kappa shape index (κ3) is 4.90. The summed E-state index contributed by atoms with van der Waals surface area (Å²) in [6.07, 6.45) is 8.96. The van der Waals surface area contributed by atoms with Crippen LogP contribution in [0.25, 0.3) is 27.9 Å². The molecule has 6 aromatic heterocycles. The van der Waals surface area contributed by atoms with Crippen LogP contribution in [0.15, 0.2) is 37.3 Å². The van der Waals surface area contributed by atoms with E-state index in [0.29, 0.717) is 19.1 Å². The van der Waals surface area contributed by atoms with Gasteiger partial charge in [0.15, 0.2) is 5.65 Å². The fourth-order valence-electron chi connectivity index (χ4n) is 6.54. The van der Waals surface area contributed by atoms with E-state index in [1.807, 2.05) is 28.0 Å². The number of piperidine rings is 1. The van der Waals surface area contributed by atoms with Crippen LogP contribution in [-0.2, 0) is 27.2 Å². The van der Waals surface area contributed by atoms with Crippen LogP contribution >= 0.6 is 0 Å². The highest BCUT2D eigenvalue weighted by atomic mass is 15.4. The third-order valence-corrected chi connectivity index (χ3v) is 9.24. The summed E-state index contributed by atoms with van der Waals surface area (Å²) in [5, 5.41) is 13.0. The zero-order valence-corrected chi connectivity index (χ0v) is 26.2. The molecule has 13 nitrogen and oxygen atoms in total. The molecular weight excluding hydrogens is 554 g/mol. The first-order chi connectivity index (χ1) is 21.3. The number of aromatic nitrogens is 11. The number of hydrogen-bond donors (Lipinski definition) is 1. The second kappa shape index (κ2) is 11.1. The van der Waals surface area contributed by atoms with Crippen molar-refractivity contribution in [1.82, 2.24) is 59.0 Å². The topological polar surface area (TPSA) is 127 Å². The second-order valence-corrected chi connectivity index (χ2v) is 12.2. The van der Waals surface area contributed by atoms with Gasteiger partial charge < -0.3 is 9.88 Å². The highest BCUT2D eigenvalue weighted by molar-refractivity contribution is 5.90. The van der Waals surface area contributed by atoms with Crippen molar-refractivity contribution in [3.63, 3.8) is 0 Å². The first-order valence-electron chi connectivity index (χ1n) is 15.3. The lowest BCUT2D eigenvalue weighted by Gasteiger charge is -2.38. The molecule has 1 aliphatic heterocycles. The molecule has 7 rings (SSSR count). The van der Waals surface area contributed by atoms with Gasteiger partial charge in [-0.05, 0) is 55.9 Å². The summed E-state index contributed by atoms with van der Waals surface area (Å²) in [5.74, 6) is 3.20. The van der Waals surface area contributed by atoms with Crippen LogP contribution in [0.1, 0.15) is 60.9 Å². The van der Waals surface area contributed by atoms with Gasteiger partial charge in [-0.25, -0.2) is 24.5 Å². The van der Waals surface area contributed by atoms with Crippen molar-refractivity contribution < 1.29 is 0 Å². The Kier molecular flexibility index (Phi) is 7.11. The fourth-order valence-corrected chi connectivity index (χ4v) is 6.54. The van der Waals surface area contributed by atoms with Gasteiger partial charge in [0.2, 0.25) is 0 Å². The number of hydrogen-bond acceptors (Lipinski definition) is 9. The smallest absolute Gasteiger partial charge is 0.158 e. The molecular formula is C31H39N13. The van der Waals surface area contributed by atoms with Gasteiger partial charge in [0.1, 0.15) is 36.4 Å². The van der Waals surface area contributed by atoms with E-state index >= 15 is 0 Å².